The van der Waals surface area contributed by atoms with Gasteiger partial charge in [-0.1, -0.05) is 29.8 Å². The number of aliphatic imine (C=N–C) groups is 1. The van der Waals surface area contributed by atoms with Gasteiger partial charge in [0.15, 0.2) is 5.96 Å². The van der Waals surface area contributed by atoms with E-state index in [1.165, 1.54) is 24.0 Å². The first-order chi connectivity index (χ1) is 10.3. The van der Waals surface area contributed by atoms with Gasteiger partial charge >= 0.3 is 0 Å². The van der Waals surface area contributed by atoms with Crippen LogP contribution in [0.5, 0.6) is 0 Å². The Morgan fingerprint density at radius 3 is 2.82 bits per heavy atom. The maximum atomic E-state index is 5.62. The summed E-state index contributed by atoms with van der Waals surface area (Å²) in [5.41, 5.74) is 2.55. The lowest BCUT2D eigenvalue weighted by Gasteiger charge is -2.12. The zero-order chi connectivity index (χ0) is 14.9. The van der Waals surface area contributed by atoms with Gasteiger partial charge in [-0.2, -0.15) is 0 Å². The second-order valence-corrected chi connectivity index (χ2v) is 5.71. The number of guanidine groups is 1. The summed E-state index contributed by atoms with van der Waals surface area (Å²) in [4.78, 5) is 4.24. The molecule has 0 aliphatic heterocycles. The Labute approximate surface area is 151 Å². The van der Waals surface area contributed by atoms with Crippen LogP contribution in [-0.2, 0) is 11.3 Å². The number of hydrogen-bond acceptors (Lipinski definition) is 2. The molecule has 0 amide bonds. The third kappa shape index (κ3) is 7.98. The van der Waals surface area contributed by atoms with E-state index in [1.54, 1.807) is 7.05 Å². The molecule has 22 heavy (non-hydrogen) atoms. The lowest BCUT2D eigenvalue weighted by atomic mass is 10.1. The van der Waals surface area contributed by atoms with Crippen LogP contribution in [0.1, 0.15) is 30.4 Å². The van der Waals surface area contributed by atoms with Gasteiger partial charge < -0.3 is 15.4 Å². The van der Waals surface area contributed by atoms with Gasteiger partial charge in [-0.15, -0.1) is 24.0 Å². The summed E-state index contributed by atoms with van der Waals surface area (Å²) in [5, 5.41) is 6.65. The Balaban J connectivity index is 0.00000242. The number of benzene rings is 1. The molecule has 4 nitrogen and oxygen atoms in total. The van der Waals surface area contributed by atoms with Gasteiger partial charge in [0.1, 0.15) is 0 Å². The van der Waals surface area contributed by atoms with E-state index < -0.39 is 0 Å². The van der Waals surface area contributed by atoms with Crippen molar-refractivity contribution in [1.82, 2.24) is 10.6 Å². The highest BCUT2D eigenvalue weighted by Crippen LogP contribution is 2.28. The standard InChI is InChI=1S/C17H27N3O.HI/c1-14-5-3-6-16(11-14)12-20-17(18-2)19-9-4-10-21-13-15-7-8-15;/h3,5-6,11,15H,4,7-10,12-13H2,1-2H3,(H2,18,19,20);1H. The molecule has 0 aromatic heterocycles. The molecule has 0 spiro atoms. The molecule has 0 saturated heterocycles. The van der Waals surface area contributed by atoms with Crippen molar-refractivity contribution in [3.05, 3.63) is 35.4 Å². The second kappa shape index (κ2) is 10.8. The SMILES string of the molecule is CN=C(NCCCOCC1CC1)NCc1cccc(C)c1.I. The highest BCUT2D eigenvalue weighted by atomic mass is 127. The van der Waals surface area contributed by atoms with Crippen LogP contribution in [0.3, 0.4) is 0 Å². The molecule has 124 valence electrons. The number of ether oxygens (including phenoxy) is 1. The Morgan fingerprint density at radius 1 is 1.32 bits per heavy atom. The average Bonchev–Trinajstić information content (AvgIpc) is 3.30. The predicted octanol–water partition coefficient (Wildman–Crippen LogP) is 3.09. The van der Waals surface area contributed by atoms with Crippen LogP contribution in [0, 0.1) is 12.8 Å². The first kappa shape index (κ1) is 19.2. The van der Waals surface area contributed by atoms with Crippen molar-refractivity contribution < 1.29 is 4.74 Å². The summed E-state index contributed by atoms with van der Waals surface area (Å²) in [6.07, 6.45) is 3.72. The Bertz CT molecular complexity index is 461. The van der Waals surface area contributed by atoms with Gasteiger partial charge in [0.25, 0.3) is 0 Å². The largest absolute Gasteiger partial charge is 0.381 e. The normalized spacial score (nSPS) is 14.4. The van der Waals surface area contributed by atoms with Crippen LogP contribution < -0.4 is 10.6 Å². The smallest absolute Gasteiger partial charge is 0.191 e. The van der Waals surface area contributed by atoms with Crippen LogP contribution in [0.2, 0.25) is 0 Å². The molecule has 1 aromatic rings. The molecular formula is C17H28IN3O. The maximum Gasteiger partial charge on any atom is 0.191 e. The summed E-state index contributed by atoms with van der Waals surface area (Å²) in [6.45, 7) is 5.56. The number of aryl methyl sites for hydroxylation is 1. The third-order valence-electron chi connectivity index (χ3n) is 3.57. The van der Waals surface area contributed by atoms with Gasteiger partial charge in [-0.05, 0) is 37.7 Å². The molecule has 0 unspecified atom stereocenters. The van der Waals surface area contributed by atoms with Crippen molar-refractivity contribution in [2.75, 3.05) is 26.8 Å². The summed E-state index contributed by atoms with van der Waals surface area (Å²) >= 11 is 0. The quantitative estimate of drug-likeness (QED) is 0.296. The lowest BCUT2D eigenvalue weighted by molar-refractivity contribution is 0.123. The van der Waals surface area contributed by atoms with E-state index in [-0.39, 0.29) is 24.0 Å². The Hall–Kier alpha value is -0.820. The van der Waals surface area contributed by atoms with E-state index in [9.17, 15) is 0 Å². The number of nitrogens with zero attached hydrogens (tertiary/aromatic N) is 1. The molecule has 1 fully saturated rings. The first-order valence-electron chi connectivity index (χ1n) is 7.85. The highest BCUT2D eigenvalue weighted by molar-refractivity contribution is 14.0. The fourth-order valence-corrected chi connectivity index (χ4v) is 2.14. The molecule has 0 atom stereocenters. The molecule has 1 aromatic carbocycles. The van der Waals surface area contributed by atoms with Crippen LogP contribution in [0.15, 0.2) is 29.3 Å². The topological polar surface area (TPSA) is 45.7 Å². The molecular weight excluding hydrogens is 389 g/mol. The van der Waals surface area contributed by atoms with E-state index in [0.29, 0.717) is 0 Å². The van der Waals surface area contributed by atoms with Crippen molar-refractivity contribution in [2.24, 2.45) is 10.9 Å². The van der Waals surface area contributed by atoms with Crippen molar-refractivity contribution in [3.8, 4) is 0 Å². The molecule has 1 saturated carbocycles. The second-order valence-electron chi connectivity index (χ2n) is 5.71. The molecule has 0 radical (unpaired) electrons. The van der Waals surface area contributed by atoms with E-state index in [2.05, 4.69) is 46.8 Å². The van der Waals surface area contributed by atoms with Gasteiger partial charge in [-0.3, -0.25) is 4.99 Å². The van der Waals surface area contributed by atoms with Gasteiger partial charge in [0.2, 0.25) is 0 Å². The third-order valence-corrected chi connectivity index (χ3v) is 3.57. The molecule has 2 N–H and O–H groups in total. The summed E-state index contributed by atoms with van der Waals surface area (Å²) in [6, 6.07) is 8.50. The number of hydrogen-bond donors (Lipinski definition) is 2. The summed E-state index contributed by atoms with van der Waals surface area (Å²) in [7, 11) is 1.80. The maximum absolute atomic E-state index is 5.62. The van der Waals surface area contributed by atoms with Crippen LogP contribution in [-0.4, -0.2) is 32.8 Å². The van der Waals surface area contributed by atoms with Crippen molar-refractivity contribution in [2.45, 2.75) is 32.7 Å². The fourth-order valence-electron chi connectivity index (χ4n) is 2.14. The van der Waals surface area contributed by atoms with Crippen molar-refractivity contribution >= 4 is 29.9 Å². The molecule has 0 bridgehead atoms. The van der Waals surface area contributed by atoms with Crippen molar-refractivity contribution in [1.29, 1.82) is 0 Å². The van der Waals surface area contributed by atoms with Gasteiger partial charge in [0.05, 0.1) is 0 Å². The Morgan fingerprint density at radius 2 is 2.14 bits per heavy atom. The summed E-state index contributed by atoms with van der Waals surface area (Å²) < 4.78 is 5.62. The summed E-state index contributed by atoms with van der Waals surface area (Å²) in [5.74, 6) is 1.69. The monoisotopic (exact) mass is 417 g/mol. The zero-order valence-corrected chi connectivity index (χ0v) is 15.9. The molecule has 0 heterocycles. The Kier molecular flexibility index (Phi) is 9.47. The number of nitrogens with one attached hydrogen (secondary N) is 2. The minimum Gasteiger partial charge on any atom is -0.381 e. The van der Waals surface area contributed by atoms with E-state index in [0.717, 1.165) is 44.6 Å². The van der Waals surface area contributed by atoms with Gasteiger partial charge in [-0.25, -0.2) is 0 Å². The predicted molar refractivity (Wildman–Crippen MR) is 103 cm³/mol. The van der Waals surface area contributed by atoms with E-state index in [1.807, 2.05) is 0 Å². The zero-order valence-electron chi connectivity index (χ0n) is 13.6. The van der Waals surface area contributed by atoms with E-state index in [4.69, 9.17) is 4.74 Å². The number of halogens is 1. The molecule has 2 rings (SSSR count). The highest BCUT2D eigenvalue weighted by Gasteiger charge is 2.20. The lowest BCUT2D eigenvalue weighted by Crippen LogP contribution is -2.37. The van der Waals surface area contributed by atoms with Crippen LogP contribution in [0.4, 0.5) is 0 Å². The fraction of sp³-hybridized carbons (Fsp3) is 0.588. The van der Waals surface area contributed by atoms with Crippen LogP contribution in [0.25, 0.3) is 0 Å². The average molecular weight is 417 g/mol. The molecule has 1 aliphatic carbocycles. The molecule has 5 heteroatoms. The van der Waals surface area contributed by atoms with E-state index >= 15 is 0 Å². The minimum atomic E-state index is 0. The van der Waals surface area contributed by atoms with Gasteiger partial charge in [0, 0.05) is 33.4 Å². The molecule has 1 aliphatic rings. The minimum absolute atomic E-state index is 0. The van der Waals surface area contributed by atoms with Crippen molar-refractivity contribution in [3.63, 3.8) is 0 Å². The number of rotatable bonds is 8. The first-order valence-corrected chi connectivity index (χ1v) is 7.85. The van der Waals surface area contributed by atoms with Crippen LogP contribution >= 0.6 is 24.0 Å².